The Morgan fingerprint density at radius 1 is 1.43 bits per heavy atom. The Bertz CT molecular complexity index is 315. The first kappa shape index (κ1) is 9.74. The number of H-pyrrole nitrogens is 1. The van der Waals surface area contributed by atoms with E-state index in [4.69, 9.17) is 9.47 Å². The predicted molar refractivity (Wildman–Crippen MR) is 54.0 cm³/mol. The standard InChI is InChI=1S/C11H17NO2/c1-8-6-9-4-5-12-10(9)11(7-8,13-2)14-3/h4-5,8,12H,6-7H2,1-3H3. The fourth-order valence-corrected chi connectivity index (χ4v) is 2.39. The van der Waals surface area contributed by atoms with Gasteiger partial charge in [-0.15, -0.1) is 0 Å². The van der Waals surface area contributed by atoms with Gasteiger partial charge in [-0.2, -0.15) is 0 Å². The summed E-state index contributed by atoms with van der Waals surface area (Å²) in [7, 11) is 3.40. The number of hydrogen-bond donors (Lipinski definition) is 1. The van der Waals surface area contributed by atoms with E-state index >= 15 is 0 Å². The van der Waals surface area contributed by atoms with Gasteiger partial charge in [0, 0.05) is 26.8 Å². The maximum atomic E-state index is 5.53. The second-order valence-electron chi connectivity index (χ2n) is 4.05. The first-order valence-electron chi connectivity index (χ1n) is 4.99. The molecule has 1 N–H and O–H groups in total. The molecule has 0 saturated carbocycles. The summed E-state index contributed by atoms with van der Waals surface area (Å²) in [4.78, 5) is 3.22. The van der Waals surface area contributed by atoms with Gasteiger partial charge in [-0.25, -0.2) is 0 Å². The number of ether oxygens (including phenoxy) is 2. The minimum atomic E-state index is -0.559. The topological polar surface area (TPSA) is 34.2 Å². The molecule has 0 aliphatic heterocycles. The van der Waals surface area contributed by atoms with Crippen LogP contribution in [-0.4, -0.2) is 19.2 Å². The fourth-order valence-electron chi connectivity index (χ4n) is 2.39. The zero-order valence-electron chi connectivity index (χ0n) is 8.96. The molecule has 0 aromatic carbocycles. The van der Waals surface area contributed by atoms with Crippen LogP contribution in [0.15, 0.2) is 12.3 Å². The first-order valence-corrected chi connectivity index (χ1v) is 4.99. The van der Waals surface area contributed by atoms with Gasteiger partial charge in [0.2, 0.25) is 5.79 Å². The van der Waals surface area contributed by atoms with Gasteiger partial charge in [0.25, 0.3) is 0 Å². The molecule has 1 aliphatic rings. The van der Waals surface area contributed by atoms with Gasteiger partial charge in [0.05, 0.1) is 5.69 Å². The highest BCUT2D eigenvalue weighted by atomic mass is 16.7. The van der Waals surface area contributed by atoms with Crippen LogP contribution in [-0.2, 0) is 21.7 Å². The maximum absolute atomic E-state index is 5.53. The molecule has 0 fully saturated rings. The van der Waals surface area contributed by atoms with E-state index in [-0.39, 0.29) is 0 Å². The van der Waals surface area contributed by atoms with Crippen molar-refractivity contribution in [1.29, 1.82) is 0 Å². The van der Waals surface area contributed by atoms with E-state index in [1.165, 1.54) is 5.56 Å². The van der Waals surface area contributed by atoms with Crippen LogP contribution >= 0.6 is 0 Å². The minimum absolute atomic E-state index is 0.559. The van der Waals surface area contributed by atoms with Crippen LogP contribution in [0.4, 0.5) is 0 Å². The van der Waals surface area contributed by atoms with Crippen molar-refractivity contribution >= 4 is 0 Å². The van der Waals surface area contributed by atoms with Crippen LogP contribution in [0.5, 0.6) is 0 Å². The van der Waals surface area contributed by atoms with Crippen molar-refractivity contribution in [2.24, 2.45) is 5.92 Å². The lowest BCUT2D eigenvalue weighted by atomic mass is 9.84. The lowest BCUT2D eigenvalue weighted by molar-refractivity contribution is -0.232. The average molecular weight is 195 g/mol. The number of rotatable bonds is 2. The van der Waals surface area contributed by atoms with E-state index in [0.29, 0.717) is 5.92 Å². The molecule has 2 rings (SSSR count). The van der Waals surface area contributed by atoms with E-state index in [0.717, 1.165) is 18.5 Å². The Labute approximate surface area is 84.4 Å². The van der Waals surface area contributed by atoms with E-state index in [1.54, 1.807) is 14.2 Å². The molecule has 1 heterocycles. The Morgan fingerprint density at radius 3 is 2.79 bits per heavy atom. The third kappa shape index (κ3) is 1.28. The highest BCUT2D eigenvalue weighted by molar-refractivity contribution is 5.28. The van der Waals surface area contributed by atoms with Gasteiger partial charge in [-0.05, 0) is 24.0 Å². The van der Waals surface area contributed by atoms with E-state index in [1.807, 2.05) is 6.20 Å². The smallest absolute Gasteiger partial charge is 0.210 e. The highest BCUT2D eigenvalue weighted by Crippen LogP contribution is 2.40. The summed E-state index contributed by atoms with van der Waals surface area (Å²) in [6, 6.07) is 2.11. The Hall–Kier alpha value is -0.800. The molecule has 14 heavy (non-hydrogen) atoms. The summed E-state index contributed by atoms with van der Waals surface area (Å²) >= 11 is 0. The summed E-state index contributed by atoms with van der Waals surface area (Å²) in [5.41, 5.74) is 2.40. The molecule has 1 aliphatic carbocycles. The quantitative estimate of drug-likeness (QED) is 0.733. The SMILES string of the molecule is COC1(OC)CC(C)Cc2cc[nH]c21. The molecule has 1 unspecified atom stereocenters. The second kappa shape index (κ2) is 3.41. The van der Waals surface area contributed by atoms with Crippen LogP contribution in [0.3, 0.4) is 0 Å². The third-order valence-electron chi connectivity index (χ3n) is 3.06. The molecule has 0 radical (unpaired) electrons. The molecule has 1 aromatic rings. The van der Waals surface area contributed by atoms with Crippen molar-refractivity contribution < 1.29 is 9.47 Å². The van der Waals surface area contributed by atoms with Crippen molar-refractivity contribution in [2.45, 2.75) is 25.6 Å². The molecule has 78 valence electrons. The van der Waals surface area contributed by atoms with E-state index in [9.17, 15) is 0 Å². The molecule has 0 saturated heterocycles. The fraction of sp³-hybridized carbons (Fsp3) is 0.636. The number of aromatic amines is 1. The third-order valence-corrected chi connectivity index (χ3v) is 3.06. The molecular formula is C11H17NO2. The van der Waals surface area contributed by atoms with E-state index < -0.39 is 5.79 Å². The van der Waals surface area contributed by atoms with Crippen molar-refractivity contribution in [3.63, 3.8) is 0 Å². The number of hydrogen-bond acceptors (Lipinski definition) is 2. The highest BCUT2D eigenvalue weighted by Gasteiger charge is 2.40. The van der Waals surface area contributed by atoms with Gasteiger partial charge in [-0.1, -0.05) is 6.92 Å². The zero-order valence-corrected chi connectivity index (χ0v) is 8.96. The Kier molecular flexibility index (Phi) is 2.37. The van der Waals surface area contributed by atoms with Crippen LogP contribution in [0, 0.1) is 5.92 Å². The summed E-state index contributed by atoms with van der Waals surface area (Å²) < 4.78 is 11.1. The summed E-state index contributed by atoms with van der Waals surface area (Å²) in [5.74, 6) is 0.0365. The molecule has 0 bridgehead atoms. The zero-order chi connectivity index (χ0) is 10.2. The van der Waals surface area contributed by atoms with E-state index in [2.05, 4.69) is 18.0 Å². The average Bonchev–Trinajstić information content (AvgIpc) is 2.64. The van der Waals surface area contributed by atoms with Crippen LogP contribution in [0.25, 0.3) is 0 Å². The molecule has 1 atom stereocenters. The predicted octanol–water partition coefficient (Wildman–Crippen LogP) is 2.04. The van der Waals surface area contributed by atoms with Gasteiger partial charge in [0.15, 0.2) is 0 Å². The molecule has 0 spiro atoms. The number of methoxy groups -OCH3 is 2. The molecular weight excluding hydrogens is 178 g/mol. The van der Waals surface area contributed by atoms with Crippen molar-refractivity contribution in [3.05, 3.63) is 23.5 Å². The minimum Gasteiger partial charge on any atom is -0.360 e. The Balaban J connectivity index is 2.45. The second-order valence-corrected chi connectivity index (χ2v) is 4.05. The van der Waals surface area contributed by atoms with Crippen molar-refractivity contribution in [3.8, 4) is 0 Å². The van der Waals surface area contributed by atoms with Gasteiger partial charge >= 0.3 is 0 Å². The number of fused-ring (bicyclic) bond motifs is 1. The van der Waals surface area contributed by atoms with Crippen LogP contribution in [0.2, 0.25) is 0 Å². The van der Waals surface area contributed by atoms with Crippen LogP contribution < -0.4 is 0 Å². The molecule has 3 heteroatoms. The summed E-state index contributed by atoms with van der Waals surface area (Å²) in [6.07, 6.45) is 3.97. The normalized spacial score (nSPS) is 24.6. The monoisotopic (exact) mass is 195 g/mol. The summed E-state index contributed by atoms with van der Waals surface area (Å²) in [6.45, 7) is 2.22. The lowest BCUT2D eigenvalue weighted by Crippen LogP contribution is -2.37. The first-order chi connectivity index (χ1) is 6.72. The van der Waals surface area contributed by atoms with Gasteiger partial charge in [0.1, 0.15) is 0 Å². The van der Waals surface area contributed by atoms with Gasteiger partial charge in [-0.3, -0.25) is 0 Å². The van der Waals surface area contributed by atoms with Crippen molar-refractivity contribution in [1.82, 2.24) is 4.98 Å². The van der Waals surface area contributed by atoms with Gasteiger partial charge < -0.3 is 14.5 Å². The maximum Gasteiger partial charge on any atom is 0.210 e. The Morgan fingerprint density at radius 2 is 2.14 bits per heavy atom. The molecule has 3 nitrogen and oxygen atoms in total. The number of aromatic nitrogens is 1. The lowest BCUT2D eigenvalue weighted by Gasteiger charge is -2.37. The van der Waals surface area contributed by atoms with Crippen LogP contribution in [0.1, 0.15) is 24.6 Å². The largest absolute Gasteiger partial charge is 0.360 e. The van der Waals surface area contributed by atoms with Crippen molar-refractivity contribution in [2.75, 3.05) is 14.2 Å². The number of nitrogens with one attached hydrogen (secondary N) is 1. The molecule has 1 aromatic heterocycles. The molecule has 0 amide bonds. The summed E-state index contributed by atoms with van der Waals surface area (Å²) in [5, 5.41) is 0.